The van der Waals surface area contributed by atoms with Crippen molar-refractivity contribution in [1.29, 1.82) is 0 Å². The number of aromatic amines is 1. The average Bonchev–Trinajstić information content (AvgIpc) is 3.11. The predicted octanol–water partition coefficient (Wildman–Crippen LogP) is 4.90. The first-order valence-corrected chi connectivity index (χ1v) is 11.1. The van der Waals surface area contributed by atoms with Crippen LogP contribution in [-0.4, -0.2) is 46.1 Å². The molecule has 1 aromatic heterocycles. The van der Waals surface area contributed by atoms with Gasteiger partial charge in [0.05, 0.1) is 11.0 Å². The van der Waals surface area contributed by atoms with Crippen molar-refractivity contribution in [2.45, 2.75) is 45.1 Å². The lowest BCUT2D eigenvalue weighted by molar-refractivity contribution is -0.384. The molecular formula is C25H27N3O6. The van der Waals surface area contributed by atoms with Crippen LogP contribution in [0.25, 0.3) is 10.9 Å². The average molecular weight is 466 g/mol. The number of nitrogens with zero attached hydrogens (tertiary/aromatic N) is 2. The highest BCUT2D eigenvalue weighted by molar-refractivity contribution is 5.90. The second-order valence-electron chi connectivity index (χ2n) is 9.38. The zero-order valence-corrected chi connectivity index (χ0v) is 19.5. The zero-order chi connectivity index (χ0) is 24.6. The predicted molar refractivity (Wildman–Crippen MR) is 126 cm³/mol. The van der Waals surface area contributed by atoms with E-state index in [9.17, 15) is 19.7 Å². The number of fused-ring (bicyclic) bond motifs is 3. The Hall–Kier alpha value is -3.88. The maximum atomic E-state index is 13.2. The third-order valence-electron chi connectivity index (χ3n) is 5.90. The molecule has 0 saturated carbocycles. The molecule has 2 aromatic carbocycles. The van der Waals surface area contributed by atoms with Gasteiger partial charge in [0.25, 0.3) is 5.69 Å². The summed E-state index contributed by atoms with van der Waals surface area (Å²) in [6, 6.07) is 13.1. The van der Waals surface area contributed by atoms with Crippen LogP contribution in [0.1, 0.15) is 44.9 Å². The summed E-state index contributed by atoms with van der Waals surface area (Å²) in [5, 5.41) is 11.9. The Morgan fingerprint density at radius 1 is 1.15 bits per heavy atom. The highest BCUT2D eigenvalue weighted by atomic mass is 16.6. The van der Waals surface area contributed by atoms with E-state index in [1.165, 1.54) is 29.2 Å². The molecule has 0 fully saturated rings. The molecule has 178 valence electrons. The number of esters is 1. The fourth-order valence-electron chi connectivity index (χ4n) is 4.53. The smallest absolute Gasteiger partial charge is 0.415 e. The zero-order valence-electron chi connectivity index (χ0n) is 19.5. The van der Waals surface area contributed by atoms with Crippen molar-refractivity contribution >= 4 is 28.7 Å². The number of hydrogen-bond donors (Lipinski definition) is 1. The highest BCUT2D eigenvalue weighted by Crippen LogP contribution is 2.41. The Labute approximate surface area is 196 Å². The van der Waals surface area contributed by atoms with Crippen LogP contribution in [0.5, 0.6) is 5.75 Å². The summed E-state index contributed by atoms with van der Waals surface area (Å²) >= 11 is 0. The Morgan fingerprint density at radius 3 is 2.47 bits per heavy atom. The minimum Gasteiger partial charge on any atom is -0.462 e. The highest BCUT2D eigenvalue weighted by Gasteiger charge is 2.42. The third-order valence-corrected chi connectivity index (χ3v) is 5.90. The lowest BCUT2D eigenvalue weighted by atomic mass is 9.81. The fourth-order valence-corrected chi connectivity index (χ4v) is 4.53. The van der Waals surface area contributed by atoms with Gasteiger partial charge in [-0.3, -0.25) is 14.9 Å². The van der Waals surface area contributed by atoms with E-state index in [1.807, 2.05) is 38.1 Å². The number of para-hydroxylation sites is 1. The molecule has 1 aliphatic heterocycles. The van der Waals surface area contributed by atoms with Gasteiger partial charge in [0.2, 0.25) is 0 Å². The summed E-state index contributed by atoms with van der Waals surface area (Å²) in [6.07, 6.45) is -0.948. The Morgan fingerprint density at radius 2 is 1.82 bits per heavy atom. The number of carbonyl (C=O) groups is 2. The summed E-state index contributed by atoms with van der Waals surface area (Å²) < 4.78 is 11.1. The van der Waals surface area contributed by atoms with Gasteiger partial charge >= 0.3 is 12.1 Å². The molecule has 1 atom stereocenters. The molecule has 4 rings (SSSR count). The van der Waals surface area contributed by atoms with Crippen molar-refractivity contribution in [2.24, 2.45) is 0 Å². The Balaban J connectivity index is 1.70. The van der Waals surface area contributed by atoms with E-state index in [4.69, 9.17) is 9.47 Å². The number of non-ortho nitro benzene ring substituents is 1. The Bertz CT molecular complexity index is 1250. The van der Waals surface area contributed by atoms with Crippen LogP contribution in [0.2, 0.25) is 0 Å². The van der Waals surface area contributed by atoms with Gasteiger partial charge in [0, 0.05) is 47.2 Å². The number of carbonyl (C=O) groups excluding carboxylic acids is 2. The van der Waals surface area contributed by atoms with Crippen LogP contribution >= 0.6 is 0 Å². The number of hydrogen-bond acceptors (Lipinski definition) is 6. The number of nitro benzene ring substituents is 1. The van der Waals surface area contributed by atoms with E-state index in [-0.39, 0.29) is 24.1 Å². The Kier molecular flexibility index (Phi) is 6.03. The van der Waals surface area contributed by atoms with Crippen molar-refractivity contribution < 1.29 is 24.0 Å². The van der Waals surface area contributed by atoms with Gasteiger partial charge in [-0.1, -0.05) is 32.0 Å². The van der Waals surface area contributed by atoms with E-state index in [2.05, 4.69) is 4.98 Å². The van der Waals surface area contributed by atoms with Gasteiger partial charge in [-0.15, -0.1) is 0 Å². The fraction of sp³-hybridized carbons (Fsp3) is 0.360. The normalized spacial score (nSPS) is 17.2. The van der Waals surface area contributed by atoms with Gasteiger partial charge in [-0.25, -0.2) is 4.79 Å². The molecule has 0 spiro atoms. The van der Waals surface area contributed by atoms with Crippen molar-refractivity contribution in [3.8, 4) is 5.75 Å². The molecule has 0 radical (unpaired) electrons. The molecule has 1 N–H and O–H groups in total. The van der Waals surface area contributed by atoms with E-state index >= 15 is 0 Å². The largest absolute Gasteiger partial charge is 0.462 e. The molecular weight excluding hydrogens is 438 g/mol. The van der Waals surface area contributed by atoms with E-state index in [1.54, 1.807) is 13.8 Å². The van der Waals surface area contributed by atoms with Crippen LogP contribution in [-0.2, 0) is 14.9 Å². The van der Waals surface area contributed by atoms with E-state index in [0.717, 1.165) is 22.2 Å². The van der Waals surface area contributed by atoms with Crippen LogP contribution < -0.4 is 4.74 Å². The van der Waals surface area contributed by atoms with Gasteiger partial charge in [0.15, 0.2) is 0 Å². The molecule has 1 aliphatic rings. The molecule has 0 aliphatic carbocycles. The topological polar surface area (TPSA) is 115 Å². The molecule has 2 heterocycles. The molecule has 0 bridgehead atoms. The number of nitrogens with one attached hydrogen (secondary N) is 1. The molecule has 1 amide bonds. The SMILES string of the molecule is CC(C)OC(=O)C1CN(C(=O)Oc2ccc([N+](=O)[O-])cc2)CC(C)(C)c2c1[nH]c1ccccc21. The quantitative estimate of drug-likeness (QED) is 0.333. The van der Waals surface area contributed by atoms with Gasteiger partial charge < -0.3 is 19.4 Å². The van der Waals surface area contributed by atoms with Gasteiger partial charge in [-0.2, -0.15) is 0 Å². The van der Waals surface area contributed by atoms with Gasteiger partial charge in [0.1, 0.15) is 11.7 Å². The van der Waals surface area contributed by atoms with Gasteiger partial charge in [-0.05, 0) is 37.6 Å². The first-order valence-electron chi connectivity index (χ1n) is 11.1. The first kappa shape index (κ1) is 23.3. The minimum absolute atomic E-state index is 0.0701. The molecule has 0 saturated heterocycles. The molecule has 3 aromatic rings. The second kappa shape index (κ2) is 8.81. The number of nitro groups is 1. The molecule has 1 unspecified atom stereocenters. The molecule has 34 heavy (non-hydrogen) atoms. The summed E-state index contributed by atoms with van der Waals surface area (Å²) in [5.74, 6) is -0.965. The number of aromatic nitrogens is 1. The number of benzene rings is 2. The number of ether oxygens (including phenoxy) is 2. The van der Waals surface area contributed by atoms with E-state index in [0.29, 0.717) is 6.54 Å². The third kappa shape index (κ3) is 4.46. The van der Waals surface area contributed by atoms with Crippen molar-refractivity contribution in [2.75, 3.05) is 13.1 Å². The minimum atomic E-state index is -0.726. The molecule has 9 nitrogen and oxygen atoms in total. The first-order chi connectivity index (χ1) is 16.1. The lowest BCUT2D eigenvalue weighted by Crippen LogP contribution is -2.43. The van der Waals surface area contributed by atoms with Crippen LogP contribution in [0, 0.1) is 10.1 Å². The van der Waals surface area contributed by atoms with Crippen LogP contribution in [0.15, 0.2) is 48.5 Å². The number of amides is 1. The van der Waals surface area contributed by atoms with Crippen LogP contribution in [0.4, 0.5) is 10.5 Å². The standard InChI is InChI=1S/C25H27N3O6/c1-15(2)33-23(29)19-13-27(24(30)34-17-11-9-16(10-12-17)28(31)32)14-25(3,4)21-18-7-5-6-8-20(18)26-22(19)21/h5-12,15,19,26H,13-14H2,1-4H3. The number of rotatable bonds is 4. The maximum Gasteiger partial charge on any atom is 0.415 e. The monoisotopic (exact) mass is 465 g/mol. The lowest BCUT2D eigenvalue weighted by Gasteiger charge is -2.30. The summed E-state index contributed by atoms with van der Waals surface area (Å²) in [5.41, 5.74) is 2.03. The summed E-state index contributed by atoms with van der Waals surface area (Å²) in [6.45, 7) is 7.99. The van der Waals surface area contributed by atoms with E-state index < -0.39 is 28.3 Å². The maximum absolute atomic E-state index is 13.2. The summed E-state index contributed by atoms with van der Waals surface area (Å²) in [4.78, 5) is 41.6. The van der Waals surface area contributed by atoms with Crippen molar-refractivity contribution in [3.63, 3.8) is 0 Å². The van der Waals surface area contributed by atoms with Crippen molar-refractivity contribution in [1.82, 2.24) is 9.88 Å². The number of H-pyrrole nitrogens is 1. The molecule has 9 heteroatoms. The summed E-state index contributed by atoms with van der Waals surface area (Å²) in [7, 11) is 0. The second-order valence-corrected chi connectivity index (χ2v) is 9.38. The van der Waals surface area contributed by atoms with Crippen molar-refractivity contribution in [3.05, 3.63) is 69.9 Å². The van der Waals surface area contributed by atoms with Crippen LogP contribution in [0.3, 0.4) is 0 Å².